The Labute approximate surface area is 121 Å². The highest BCUT2D eigenvalue weighted by Gasteiger charge is 2.19. The summed E-state index contributed by atoms with van der Waals surface area (Å²) >= 11 is 6.49. The Bertz CT molecular complexity index is 400. The van der Waals surface area contributed by atoms with Crippen LogP contribution in [0.2, 0.25) is 0 Å². The monoisotopic (exact) mass is 282 g/mol. The molecule has 2 nitrogen and oxygen atoms in total. The fraction of sp³-hybridized carbons (Fsp3) is 0.625. The second-order valence-electron chi connectivity index (χ2n) is 5.38. The lowest BCUT2D eigenvalue weighted by atomic mass is 9.98. The second-order valence-corrected chi connectivity index (χ2v) is 5.99. The van der Waals surface area contributed by atoms with E-state index in [2.05, 4.69) is 6.07 Å². The Morgan fingerprint density at radius 2 is 1.84 bits per heavy atom. The lowest BCUT2D eigenvalue weighted by Crippen LogP contribution is -2.09. The van der Waals surface area contributed by atoms with Crippen LogP contribution < -0.4 is 9.47 Å². The largest absolute Gasteiger partial charge is 0.493 e. The molecule has 1 fully saturated rings. The molecule has 106 valence electrons. The fourth-order valence-electron chi connectivity index (χ4n) is 2.95. The van der Waals surface area contributed by atoms with Gasteiger partial charge in [0.15, 0.2) is 11.5 Å². The van der Waals surface area contributed by atoms with E-state index in [1.165, 1.54) is 31.2 Å². The maximum Gasteiger partial charge on any atom is 0.160 e. The molecule has 1 aliphatic rings. The van der Waals surface area contributed by atoms with Crippen LogP contribution in [-0.4, -0.2) is 19.6 Å². The van der Waals surface area contributed by atoms with E-state index >= 15 is 0 Å². The van der Waals surface area contributed by atoms with Gasteiger partial charge in [0.05, 0.1) is 14.2 Å². The molecule has 3 heteroatoms. The van der Waals surface area contributed by atoms with Gasteiger partial charge in [-0.1, -0.05) is 31.7 Å². The second kappa shape index (κ2) is 7.04. The average molecular weight is 283 g/mol. The minimum absolute atomic E-state index is 0.223. The van der Waals surface area contributed by atoms with Gasteiger partial charge in [-0.15, -0.1) is 11.6 Å². The number of benzene rings is 1. The van der Waals surface area contributed by atoms with Crippen molar-refractivity contribution in [3.8, 4) is 11.5 Å². The molecule has 0 aromatic heterocycles. The molecule has 0 amide bonds. The Balaban J connectivity index is 1.94. The Morgan fingerprint density at radius 3 is 2.47 bits per heavy atom. The van der Waals surface area contributed by atoms with Gasteiger partial charge in [0.1, 0.15) is 0 Å². The Kier molecular flexibility index (Phi) is 5.38. The molecule has 0 radical (unpaired) electrons. The Morgan fingerprint density at radius 1 is 1.16 bits per heavy atom. The molecule has 19 heavy (non-hydrogen) atoms. The van der Waals surface area contributed by atoms with E-state index in [9.17, 15) is 0 Å². The first-order valence-corrected chi connectivity index (χ1v) is 7.51. The van der Waals surface area contributed by atoms with Crippen molar-refractivity contribution in [3.63, 3.8) is 0 Å². The third-order valence-electron chi connectivity index (χ3n) is 3.97. The quantitative estimate of drug-likeness (QED) is 0.719. The minimum Gasteiger partial charge on any atom is -0.493 e. The van der Waals surface area contributed by atoms with Crippen molar-refractivity contribution in [2.45, 2.75) is 43.9 Å². The van der Waals surface area contributed by atoms with Gasteiger partial charge in [0, 0.05) is 5.38 Å². The summed E-state index contributed by atoms with van der Waals surface area (Å²) in [5, 5.41) is 0.223. The number of hydrogen-bond acceptors (Lipinski definition) is 2. The minimum atomic E-state index is 0.223. The first kappa shape index (κ1) is 14.5. The first-order chi connectivity index (χ1) is 9.22. The lowest BCUT2D eigenvalue weighted by molar-refractivity contribution is 0.354. The summed E-state index contributed by atoms with van der Waals surface area (Å²) in [4.78, 5) is 0. The number of methoxy groups -OCH3 is 2. The summed E-state index contributed by atoms with van der Waals surface area (Å²) in [6, 6.07) is 6.06. The van der Waals surface area contributed by atoms with E-state index in [1.54, 1.807) is 14.2 Å². The predicted octanol–water partition coefficient (Wildman–Crippen LogP) is 4.43. The molecule has 1 saturated carbocycles. The first-order valence-electron chi connectivity index (χ1n) is 7.08. The van der Waals surface area contributed by atoms with E-state index in [-0.39, 0.29) is 5.38 Å². The molecule has 1 aromatic carbocycles. The third kappa shape index (κ3) is 4.04. The van der Waals surface area contributed by atoms with Crippen LogP contribution in [0.1, 0.15) is 37.7 Å². The highest BCUT2D eigenvalue weighted by Crippen LogP contribution is 2.32. The fourth-order valence-corrected chi connectivity index (χ4v) is 3.38. The summed E-state index contributed by atoms with van der Waals surface area (Å²) in [5.74, 6) is 2.39. The molecule has 0 spiro atoms. The zero-order valence-corrected chi connectivity index (χ0v) is 12.6. The van der Waals surface area contributed by atoms with Crippen LogP contribution in [-0.2, 0) is 6.42 Å². The van der Waals surface area contributed by atoms with Gasteiger partial charge >= 0.3 is 0 Å². The van der Waals surface area contributed by atoms with Gasteiger partial charge in [-0.05, 0) is 36.5 Å². The average Bonchev–Trinajstić information content (AvgIpc) is 2.91. The van der Waals surface area contributed by atoms with Crippen molar-refractivity contribution in [1.82, 2.24) is 0 Å². The van der Waals surface area contributed by atoms with Crippen LogP contribution in [0.5, 0.6) is 11.5 Å². The standard InChI is InChI=1S/C16H23ClO2/c1-18-15-8-7-13(11-16(15)19-2)10-14(17)9-12-5-3-4-6-12/h7-8,11-12,14H,3-6,9-10H2,1-2H3. The maximum atomic E-state index is 6.49. The van der Waals surface area contributed by atoms with Gasteiger partial charge < -0.3 is 9.47 Å². The number of rotatable bonds is 6. The molecule has 0 bridgehead atoms. The molecule has 1 unspecified atom stereocenters. The molecule has 2 rings (SSSR count). The van der Waals surface area contributed by atoms with E-state index in [0.717, 1.165) is 30.3 Å². The summed E-state index contributed by atoms with van der Waals surface area (Å²) in [7, 11) is 3.32. The van der Waals surface area contributed by atoms with Crippen LogP contribution in [0.3, 0.4) is 0 Å². The number of alkyl halides is 1. The summed E-state index contributed by atoms with van der Waals surface area (Å²) in [6.07, 6.45) is 7.51. The van der Waals surface area contributed by atoms with Crippen molar-refractivity contribution in [2.75, 3.05) is 14.2 Å². The predicted molar refractivity (Wildman–Crippen MR) is 79.5 cm³/mol. The molecule has 0 saturated heterocycles. The smallest absolute Gasteiger partial charge is 0.160 e. The van der Waals surface area contributed by atoms with Crippen LogP contribution in [0, 0.1) is 5.92 Å². The highest BCUT2D eigenvalue weighted by molar-refractivity contribution is 6.20. The molecular weight excluding hydrogens is 260 g/mol. The summed E-state index contributed by atoms with van der Waals surface area (Å²) in [6.45, 7) is 0. The van der Waals surface area contributed by atoms with Gasteiger partial charge in [-0.2, -0.15) is 0 Å². The van der Waals surface area contributed by atoms with E-state index in [1.807, 2.05) is 12.1 Å². The maximum absolute atomic E-state index is 6.49. The molecular formula is C16H23ClO2. The highest BCUT2D eigenvalue weighted by atomic mass is 35.5. The van der Waals surface area contributed by atoms with Crippen molar-refractivity contribution < 1.29 is 9.47 Å². The van der Waals surface area contributed by atoms with Crippen LogP contribution in [0.25, 0.3) is 0 Å². The summed E-state index contributed by atoms with van der Waals surface area (Å²) < 4.78 is 10.6. The van der Waals surface area contributed by atoms with Gasteiger partial charge in [-0.25, -0.2) is 0 Å². The zero-order chi connectivity index (χ0) is 13.7. The van der Waals surface area contributed by atoms with Crippen LogP contribution in [0.4, 0.5) is 0 Å². The number of ether oxygens (including phenoxy) is 2. The molecule has 0 aliphatic heterocycles. The van der Waals surface area contributed by atoms with E-state index < -0.39 is 0 Å². The van der Waals surface area contributed by atoms with Gasteiger partial charge in [0.2, 0.25) is 0 Å². The molecule has 1 aromatic rings. The molecule has 0 heterocycles. The Hall–Kier alpha value is -0.890. The van der Waals surface area contributed by atoms with Crippen LogP contribution >= 0.6 is 11.6 Å². The van der Waals surface area contributed by atoms with E-state index in [0.29, 0.717) is 0 Å². The zero-order valence-electron chi connectivity index (χ0n) is 11.8. The number of hydrogen-bond donors (Lipinski definition) is 0. The molecule has 1 aliphatic carbocycles. The normalized spacial score (nSPS) is 17.4. The molecule has 0 N–H and O–H groups in total. The number of halogens is 1. The van der Waals surface area contributed by atoms with E-state index in [4.69, 9.17) is 21.1 Å². The van der Waals surface area contributed by atoms with Crippen LogP contribution in [0.15, 0.2) is 18.2 Å². The van der Waals surface area contributed by atoms with Crippen molar-refractivity contribution >= 4 is 11.6 Å². The topological polar surface area (TPSA) is 18.5 Å². The van der Waals surface area contributed by atoms with Crippen molar-refractivity contribution in [3.05, 3.63) is 23.8 Å². The molecule has 1 atom stereocenters. The van der Waals surface area contributed by atoms with Crippen molar-refractivity contribution in [2.24, 2.45) is 5.92 Å². The van der Waals surface area contributed by atoms with Crippen molar-refractivity contribution in [1.29, 1.82) is 0 Å². The summed E-state index contributed by atoms with van der Waals surface area (Å²) in [5.41, 5.74) is 1.22. The van der Waals surface area contributed by atoms with Gasteiger partial charge in [0.25, 0.3) is 0 Å². The SMILES string of the molecule is COc1ccc(CC(Cl)CC2CCCC2)cc1OC. The van der Waals surface area contributed by atoms with Gasteiger partial charge in [-0.3, -0.25) is 0 Å². The third-order valence-corrected chi connectivity index (χ3v) is 4.30. The lowest BCUT2D eigenvalue weighted by Gasteiger charge is -2.15.